The van der Waals surface area contributed by atoms with Gasteiger partial charge in [-0.1, -0.05) is 0 Å². The number of aliphatic hydroxyl groups is 1. The molecule has 0 amide bonds. The van der Waals surface area contributed by atoms with Crippen LogP contribution in [0.3, 0.4) is 0 Å². The average Bonchev–Trinajstić information content (AvgIpc) is 3.16. The van der Waals surface area contributed by atoms with E-state index in [0.29, 0.717) is 6.54 Å². The van der Waals surface area contributed by atoms with Crippen molar-refractivity contribution in [3.8, 4) is 0 Å². The van der Waals surface area contributed by atoms with E-state index in [-0.39, 0.29) is 24.0 Å². The molecule has 2 rings (SSSR count). The summed E-state index contributed by atoms with van der Waals surface area (Å²) >= 11 is 1.59. The Labute approximate surface area is 178 Å². The van der Waals surface area contributed by atoms with E-state index in [1.54, 1.807) is 11.3 Å². The summed E-state index contributed by atoms with van der Waals surface area (Å²) in [6.45, 7) is 10.8. The highest BCUT2D eigenvalue weighted by atomic mass is 127. The lowest BCUT2D eigenvalue weighted by atomic mass is 10.00. The number of halogens is 1. The molecule has 0 aromatic carbocycles. The molecule has 2 heterocycles. The van der Waals surface area contributed by atoms with Crippen LogP contribution in [0.1, 0.15) is 32.3 Å². The Kier molecular flexibility index (Phi) is 11.7. The molecule has 8 heteroatoms. The van der Waals surface area contributed by atoms with Gasteiger partial charge in [0, 0.05) is 26.2 Å². The van der Waals surface area contributed by atoms with E-state index in [4.69, 9.17) is 4.74 Å². The van der Waals surface area contributed by atoms with Crippen molar-refractivity contribution in [1.82, 2.24) is 15.5 Å². The number of morpholine rings is 1. The third-order valence-electron chi connectivity index (χ3n) is 4.33. The molecule has 0 aliphatic carbocycles. The fourth-order valence-corrected chi connectivity index (χ4v) is 3.51. The minimum atomic E-state index is -0.932. The molecule has 6 nitrogen and oxygen atoms in total. The summed E-state index contributed by atoms with van der Waals surface area (Å²) in [5.41, 5.74) is -0.0128. The van der Waals surface area contributed by atoms with Crippen LogP contribution in [0, 0.1) is 0 Å². The quantitative estimate of drug-likeness (QED) is 0.212. The van der Waals surface area contributed by atoms with Crippen molar-refractivity contribution in [3.63, 3.8) is 0 Å². The summed E-state index contributed by atoms with van der Waals surface area (Å²) in [4.78, 5) is 7.01. The van der Waals surface area contributed by atoms with Crippen molar-refractivity contribution in [2.75, 3.05) is 52.5 Å². The number of thiophene rings is 1. The Hall–Kier alpha value is -0.420. The topological polar surface area (TPSA) is 69.1 Å². The third kappa shape index (κ3) is 8.51. The fourth-order valence-electron chi connectivity index (χ4n) is 2.73. The molecule has 1 saturated heterocycles. The standard InChI is InChI=1S/C18H32N4O2S.HI/c1-3-19-17(21-15-18(2,23)16-6-13-25-14-16)20-7-4-5-8-22-9-11-24-12-10-22;/h6,13-14,23H,3-5,7-12,15H2,1-2H3,(H2,19,20,21);1H. The maximum absolute atomic E-state index is 10.6. The predicted molar refractivity (Wildman–Crippen MR) is 120 cm³/mol. The average molecular weight is 496 g/mol. The van der Waals surface area contributed by atoms with Gasteiger partial charge in [0.05, 0.1) is 19.8 Å². The van der Waals surface area contributed by atoms with Crippen molar-refractivity contribution >= 4 is 41.3 Å². The van der Waals surface area contributed by atoms with Gasteiger partial charge in [-0.25, -0.2) is 4.99 Å². The largest absolute Gasteiger partial charge is 0.383 e. The van der Waals surface area contributed by atoms with Crippen LogP contribution in [-0.2, 0) is 10.3 Å². The number of hydrogen-bond acceptors (Lipinski definition) is 5. The smallest absolute Gasteiger partial charge is 0.191 e. The van der Waals surface area contributed by atoms with Crippen molar-refractivity contribution < 1.29 is 9.84 Å². The molecule has 1 fully saturated rings. The molecule has 3 N–H and O–H groups in total. The lowest BCUT2D eigenvalue weighted by Crippen LogP contribution is -2.40. The van der Waals surface area contributed by atoms with Crippen LogP contribution in [0.15, 0.2) is 21.8 Å². The van der Waals surface area contributed by atoms with Crippen LogP contribution in [0.2, 0.25) is 0 Å². The Balaban J connectivity index is 0.00000338. The predicted octanol–water partition coefficient (Wildman–Crippen LogP) is 2.24. The molecule has 0 spiro atoms. The number of hydrogen-bond donors (Lipinski definition) is 3. The maximum atomic E-state index is 10.6. The molecule has 1 aliphatic rings. The molecule has 1 atom stereocenters. The van der Waals surface area contributed by atoms with Gasteiger partial charge in [-0.15, -0.1) is 24.0 Å². The highest BCUT2D eigenvalue weighted by Gasteiger charge is 2.23. The zero-order valence-electron chi connectivity index (χ0n) is 15.9. The normalized spacial score (nSPS) is 18.0. The highest BCUT2D eigenvalue weighted by molar-refractivity contribution is 14.0. The molecule has 0 bridgehead atoms. The molecule has 1 aliphatic heterocycles. The van der Waals surface area contributed by atoms with Crippen LogP contribution in [0.5, 0.6) is 0 Å². The second-order valence-corrected chi connectivity index (χ2v) is 7.35. The first-order valence-corrected chi connectivity index (χ1v) is 10.1. The van der Waals surface area contributed by atoms with Crippen molar-refractivity contribution in [3.05, 3.63) is 22.4 Å². The summed E-state index contributed by atoms with van der Waals surface area (Å²) in [6.07, 6.45) is 2.27. The summed E-state index contributed by atoms with van der Waals surface area (Å²) in [7, 11) is 0. The van der Waals surface area contributed by atoms with Gasteiger partial charge in [0.15, 0.2) is 5.96 Å². The summed E-state index contributed by atoms with van der Waals surface area (Å²) < 4.78 is 5.37. The number of nitrogens with zero attached hydrogens (tertiary/aromatic N) is 2. The number of nitrogens with one attached hydrogen (secondary N) is 2. The van der Waals surface area contributed by atoms with E-state index >= 15 is 0 Å². The van der Waals surface area contributed by atoms with Gasteiger partial charge in [0.2, 0.25) is 0 Å². The Morgan fingerprint density at radius 1 is 1.35 bits per heavy atom. The van der Waals surface area contributed by atoms with E-state index in [1.165, 1.54) is 6.42 Å². The lowest BCUT2D eigenvalue weighted by Gasteiger charge is -2.26. The molecule has 1 aromatic rings. The number of aliphatic imine (C=N–C) groups is 1. The van der Waals surface area contributed by atoms with E-state index < -0.39 is 5.60 Å². The third-order valence-corrected chi connectivity index (χ3v) is 5.01. The first-order chi connectivity index (χ1) is 12.1. The van der Waals surface area contributed by atoms with Crippen molar-refractivity contribution in [2.45, 2.75) is 32.3 Å². The monoisotopic (exact) mass is 496 g/mol. The molecule has 150 valence electrons. The summed E-state index contributed by atoms with van der Waals surface area (Å²) in [6, 6.07) is 1.95. The van der Waals surface area contributed by atoms with Crippen LogP contribution in [0.25, 0.3) is 0 Å². The number of ether oxygens (including phenoxy) is 1. The second kappa shape index (κ2) is 12.9. The lowest BCUT2D eigenvalue weighted by molar-refractivity contribution is 0.0372. The van der Waals surface area contributed by atoms with E-state index in [2.05, 4.69) is 20.5 Å². The number of unbranched alkanes of at least 4 members (excludes halogenated alkanes) is 1. The maximum Gasteiger partial charge on any atom is 0.191 e. The number of guanidine groups is 1. The van der Waals surface area contributed by atoms with Gasteiger partial charge in [-0.05, 0) is 55.6 Å². The summed E-state index contributed by atoms with van der Waals surface area (Å²) in [5, 5.41) is 21.1. The van der Waals surface area contributed by atoms with Crippen LogP contribution in [0.4, 0.5) is 0 Å². The minimum Gasteiger partial charge on any atom is -0.383 e. The fraction of sp³-hybridized carbons (Fsp3) is 0.722. The summed E-state index contributed by atoms with van der Waals surface area (Å²) in [5.74, 6) is 0.768. The first kappa shape index (κ1) is 23.6. The second-order valence-electron chi connectivity index (χ2n) is 6.57. The number of rotatable bonds is 9. The van der Waals surface area contributed by atoms with Gasteiger partial charge in [-0.2, -0.15) is 11.3 Å². The zero-order chi connectivity index (χ0) is 18.0. The van der Waals surface area contributed by atoms with Crippen LogP contribution >= 0.6 is 35.3 Å². The minimum absolute atomic E-state index is 0. The van der Waals surface area contributed by atoms with Gasteiger partial charge in [0.1, 0.15) is 5.60 Å². The molecule has 0 saturated carbocycles. The van der Waals surface area contributed by atoms with E-state index in [0.717, 1.165) is 63.9 Å². The van der Waals surface area contributed by atoms with Gasteiger partial charge < -0.3 is 20.5 Å². The molecular weight excluding hydrogens is 463 g/mol. The van der Waals surface area contributed by atoms with Crippen LogP contribution in [-0.4, -0.2) is 68.4 Å². The van der Waals surface area contributed by atoms with Crippen molar-refractivity contribution in [1.29, 1.82) is 0 Å². The molecule has 0 radical (unpaired) electrons. The molecule has 26 heavy (non-hydrogen) atoms. The van der Waals surface area contributed by atoms with E-state index in [9.17, 15) is 5.11 Å². The Bertz CT molecular complexity index is 505. The van der Waals surface area contributed by atoms with Gasteiger partial charge >= 0.3 is 0 Å². The molecule has 1 unspecified atom stereocenters. The zero-order valence-corrected chi connectivity index (χ0v) is 19.0. The highest BCUT2D eigenvalue weighted by Crippen LogP contribution is 2.23. The van der Waals surface area contributed by atoms with E-state index in [1.807, 2.05) is 30.7 Å². The molecular formula is C18H33IN4O2S. The Morgan fingerprint density at radius 3 is 2.77 bits per heavy atom. The SMILES string of the molecule is CCNC(=NCC(C)(O)c1ccsc1)NCCCCN1CCOCC1.I. The Morgan fingerprint density at radius 2 is 2.12 bits per heavy atom. The van der Waals surface area contributed by atoms with Crippen molar-refractivity contribution in [2.24, 2.45) is 4.99 Å². The van der Waals surface area contributed by atoms with Gasteiger partial charge in [-0.3, -0.25) is 4.90 Å². The first-order valence-electron chi connectivity index (χ1n) is 9.19. The van der Waals surface area contributed by atoms with Gasteiger partial charge in [0.25, 0.3) is 0 Å². The van der Waals surface area contributed by atoms with Crippen LogP contribution < -0.4 is 10.6 Å². The molecule has 1 aromatic heterocycles.